The zero-order valence-electron chi connectivity index (χ0n) is 21.3. The molecule has 1 unspecified atom stereocenters. The minimum Gasteiger partial charge on any atom is -0.480 e. The van der Waals surface area contributed by atoms with E-state index < -0.39 is 24.1 Å². The zero-order valence-corrected chi connectivity index (χ0v) is 21.3. The number of nitrogens with one attached hydrogen (secondary N) is 1. The zero-order chi connectivity index (χ0) is 27.4. The van der Waals surface area contributed by atoms with Crippen LogP contribution in [0.15, 0.2) is 97.1 Å². The number of carbonyl (C=O) groups excluding carboxylic acids is 2. The molecule has 4 aromatic rings. The molecule has 1 amide bonds. The van der Waals surface area contributed by atoms with Crippen LogP contribution in [-0.2, 0) is 20.7 Å². The van der Waals surface area contributed by atoms with Crippen LogP contribution in [-0.4, -0.2) is 42.9 Å². The minimum absolute atomic E-state index is 0.0679. The molecule has 0 aromatic heterocycles. The number of amides is 1. The normalized spacial score (nSPS) is 12.6. The van der Waals surface area contributed by atoms with E-state index in [1.165, 1.54) is 7.11 Å². The largest absolute Gasteiger partial charge is 0.480 e. The molecular formula is C32H27NO6. The lowest BCUT2D eigenvalue weighted by Crippen LogP contribution is -2.42. The van der Waals surface area contributed by atoms with Crippen molar-refractivity contribution in [2.24, 2.45) is 0 Å². The van der Waals surface area contributed by atoms with Crippen molar-refractivity contribution >= 4 is 18.0 Å². The lowest BCUT2D eigenvalue weighted by atomic mass is 9.97. The van der Waals surface area contributed by atoms with Crippen molar-refractivity contribution in [3.05, 3.63) is 119 Å². The standard InChI is InChI=1S/C32H27NO6/c1-38-31(36)27-13-7-2-8-22(27)21-16-14-20(15-17-21)18-29(30(34)35)33-32(37)39-19-28-25-11-5-3-9-23(25)24-10-4-6-12-26(24)28/h2-17,28-29H,18-19H2,1H3,(H,33,37)(H,34,35). The third-order valence-electron chi connectivity index (χ3n) is 6.97. The number of carboxylic acid groups (broad SMARTS) is 1. The predicted molar refractivity (Wildman–Crippen MR) is 147 cm³/mol. The molecular weight excluding hydrogens is 494 g/mol. The van der Waals surface area contributed by atoms with E-state index in [0.717, 1.165) is 27.8 Å². The van der Waals surface area contributed by atoms with E-state index in [1.807, 2.05) is 72.8 Å². The third-order valence-corrected chi connectivity index (χ3v) is 6.97. The van der Waals surface area contributed by atoms with Crippen LogP contribution in [0.1, 0.15) is 33.0 Å². The maximum atomic E-state index is 12.7. The lowest BCUT2D eigenvalue weighted by Gasteiger charge is -2.18. The summed E-state index contributed by atoms with van der Waals surface area (Å²) in [6.07, 6.45) is -0.716. The maximum absolute atomic E-state index is 12.7. The first-order chi connectivity index (χ1) is 19.0. The first-order valence-corrected chi connectivity index (χ1v) is 12.6. The second-order valence-corrected chi connectivity index (χ2v) is 9.30. The van der Waals surface area contributed by atoms with Crippen LogP contribution in [0, 0.1) is 0 Å². The van der Waals surface area contributed by atoms with Crippen molar-refractivity contribution in [3.8, 4) is 22.3 Å². The smallest absolute Gasteiger partial charge is 0.407 e. The van der Waals surface area contributed by atoms with Crippen molar-refractivity contribution in [2.75, 3.05) is 13.7 Å². The van der Waals surface area contributed by atoms with Crippen LogP contribution in [0.2, 0.25) is 0 Å². The molecule has 39 heavy (non-hydrogen) atoms. The SMILES string of the molecule is COC(=O)c1ccccc1-c1ccc(CC(NC(=O)OCC2c3ccccc3-c3ccccc32)C(=O)O)cc1. The summed E-state index contributed by atoms with van der Waals surface area (Å²) in [5, 5.41) is 12.3. The maximum Gasteiger partial charge on any atom is 0.407 e. The summed E-state index contributed by atoms with van der Waals surface area (Å²) in [6.45, 7) is 0.0977. The Hall–Kier alpha value is -4.91. The molecule has 0 radical (unpaired) electrons. The van der Waals surface area contributed by atoms with E-state index in [0.29, 0.717) is 16.7 Å². The van der Waals surface area contributed by atoms with E-state index in [4.69, 9.17) is 9.47 Å². The number of aliphatic carboxylic acids is 1. The Balaban J connectivity index is 1.24. The summed E-state index contributed by atoms with van der Waals surface area (Å²) in [7, 11) is 1.33. The monoisotopic (exact) mass is 521 g/mol. The minimum atomic E-state index is -1.17. The number of hydrogen-bond donors (Lipinski definition) is 2. The number of ether oxygens (including phenoxy) is 2. The molecule has 0 fully saturated rings. The Bertz CT molecular complexity index is 1480. The van der Waals surface area contributed by atoms with Crippen LogP contribution in [0.4, 0.5) is 4.79 Å². The van der Waals surface area contributed by atoms with E-state index in [2.05, 4.69) is 5.32 Å². The van der Waals surface area contributed by atoms with Crippen LogP contribution < -0.4 is 5.32 Å². The van der Waals surface area contributed by atoms with Crippen LogP contribution in [0.3, 0.4) is 0 Å². The van der Waals surface area contributed by atoms with Crippen LogP contribution >= 0.6 is 0 Å². The Morgan fingerprint density at radius 2 is 1.36 bits per heavy atom. The fraction of sp³-hybridized carbons (Fsp3) is 0.156. The summed E-state index contributed by atoms with van der Waals surface area (Å²) >= 11 is 0. The molecule has 4 aromatic carbocycles. The van der Waals surface area contributed by atoms with Crippen molar-refractivity contribution in [1.82, 2.24) is 5.32 Å². The quantitative estimate of drug-likeness (QED) is 0.290. The van der Waals surface area contributed by atoms with E-state index in [-0.39, 0.29) is 18.9 Å². The van der Waals surface area contributed by atoms with Gasteiger partial charge in [0.2, 0.25) is 0 Å². The van der Waals surface area contributed by atoms with E-state index >= 15 is 0 Å². The van der Waals surface area contributed by atoms with Gasteiger partial charge in [0, 0.05) is 12.3 Å². The number of fused-ring (bicyclic) bond motifs is 3. The molecule has 1 atom stereocenters. The van der Waals surface area contributed by atoms with Crippen LogP contribution in [0.5, 0.6) is 0 Å². The van der Waals surface area contributed by atoms with Crippen LogP contribution in [0.25, 0.3) is 22.3 Å². The van der Waals surface area contributed by atoms with Gasteiger partial charge in [0.15, 0.2) is 0 Å². The average Bonchev–Trinajstić information content (AvgIpc) is 3.29. The molecule has 0 bridgehead atoms. The molecule has 1 aliphatic rings. The molecule has 0 spiro atoms. The Morgan fingerprint density at radius 1 is 0.795 bits per heavy atom. The Kier molecular flexibility index (Phi) is 7.41. The second-order valence-electron chi connectivity index (χ2n) is 9.30. The van der Waals surface area contributed by atoms with Crippen molar-refractivity contribution in [1.29, 1.82) is 0 Å². The molecule has 0 aliphatic heterocycles. The first-order valence-electron chi connectivity index (χ1n) is 12.6. The highest BCUT2D eigenvalue weighted by Gasteiger charge is 2.30. The molecule has 0 saturated carbocycles. The number of methoxy groups -OCH3 is 1. The van der Waals surface area contributed by atoms with Gasteiger partial charge in [-0.1, -0.05) is 91.0 Å². The lowest BCUT2D eigenvalue weighted by molar-refractivity contribution is -0.139. The van der Waals surface area contributed by atoms with Gasteiger partial charge in [0.1, 0.15) is 12.6 Å². The molecule has 0 saturated heterocycles. The third kappa shape index (κ3) is 5.38. The highest BCUT2D eigenvalue weighted by Crippen LogP contribution is 2.44. The van der Waals surface area contributed by atoms with Gasteiger partial charge in [0.05, 0.1) is 12.7 Å². The topological polar surface area (TPSA) is 102 Å². The van der Waals surface area contributed by atoms with Crippen molar-refractivity contribution < 1.29 is 29.0 Å². The number of rotatable bonds is 8. The number of carboxylic acids is 1. The molecule has 0 heterocycles. The molecule has 196 valence electrons. The molecule has 7 nitrogen and oxygen atoms in total. The van der Waals surface area contributed by atoms with E-state index in [9.17, 15) is 19.5 Å². The number of hydrogen-bond acceptors (Lipinski definition) is 5. The molecule has 2 N–H and O–H groups in total. The molecule has 1 aliphatic carbocycles. The summed E-state index contributed by atoms with van der Waals surface area (Å²) < 4.78 is 10.4. The van der Waals surface area contributed by atoms with Gasteiger partial charge >= 0.3 is 18.0 Å². The Labute approximate surface area is 226 Å². The van der Waals surface area contributed by atoms with Gasteiger partial charge in [-0.3, -0.25) is 0 Å². The highest BCUT2D eigenvalue weighted by molar-refractivity contribution is 5.97. The number of benzene rings is 4. The summed E-state index contributed by atoms with van der Waals surface area (Å²) in [6, 6.07) is 29.1. The van der Waals surface area contributed by atoms with E-state index in [1.54, 1.807) is 24.3 Å². The first kappa shape index (κ1) is 25.7. The summed E-state index contributed by atoms with van der Waals surface area (Å²) in [4.78, 5) is 36.7. The van der Waals surface area contributed by atoms with Gasteiger partial charge in [-0.05, 0) is 45.0 Å². The van der Waals surface area contributed by atoms with Gasteiger partial charge < -0.3 is 19.9 Å². The molecule has 5 rings (SSSR count). The summed E-state index contributed by atoms with van der Waals surface area (Å²) in [5.41, 5.74) is 7.03. The molecule has 7 heteroatoms. The number of carbonyl (C=O) groups is 3. The van der Waals surface area contributed by atoms with Crippen molar-refractivity contribution in [2.45, 2.75) is 18.4 Å². The average molecular weight is 522 g/mol. The highest BCUT2D eigenvalue weighted by atomic mass is 16.5. The number of esters is 1. The van der Waals surface area contributed by atoms with Crippen molar-refractivity contribution in [3.63, 3.8) is 0 Å². The predicted octanol–water partition coefficient (Wildman–Crippen LogP) is 5.67. The Morgan fingerprint density at radius 3 is 1.95 bits per heavy atom. The summed E-state index contributed by atoms with van der Waals surface area (Å²) in [5.74, 6) is -1.72. The van der Waals surface area contributed by atoms with Gasteiger partial charge in [-0.15, -0.1) is 0 Å². The second kappa shape index (κ2) is 11.2. The van der Waals surface area contributed by atoms with Gasteiger partial charge in [-0.2, -0.15) is 0 Å². The van der Waals surface area contributed by atoms with Gasteiger partial charge in [0.25, 0.3) is 0 Å². The fourth-order valence-corrected chi connectivity index (χ4v) is 5.06. The van der Waals surface area contributed by atoms with Gasteiger partial charge in [-0.25, -0.2) is 14.4 Å². The fourth-order valence-electron chi connectivity index (χ4n) is 5.06. The number of alkyl carbamates (subject to hydrolysis) is 1.